The second kappa shape index (κ2) is 8.11. The van der Waals surface area contributed by atoms with E-state index in [1.165, 1.54) is 0 Å². The van der Waals surface area contributed by atoms with Crippen LogP contribution >= 0.6 is 15.9 Å². The van der Waals surface area contributed by atoms with Crippen molar-refractivity contribution in [3.63, 3.8) is 0 Å². The Bertz CT molecular complexity index is 399. The van der Waals surface area contributed by atoms with Crippen LogP contribution in [-0.4, -0.2) is 48.0 Å². The molecule has 0 aromatic heterocycles. The molecule has 2 unspecified atom stereocenters. The minimum absolute atomic E-state index is 0.00464. The zero-order valence-corrected chi connectivity index (χ0v) is 11.8. The van der Waals surface area contributed by atoms with Crippen LogP contribution in [-0.2, 0) is 4.79 Å². The largest absolute Gasteiger partial charge is 0.491 e. The number of nitrogens with two attached hydrogens (primary N) is 1. The Labute approximate surface area is 119 Å². The van der Waals surface area contributed by atoms with E-state index < -0.39 is 18.1 Å². The summed E-state index contributed by atoms with van der Waals surface area (Å²) in [6.07, 6.45) is -2.00. The monoisotopic (exact) mass is 332 g/mol. The van der Waals surface area contributed by atoms with Crippen LogP contribution in [0.5, 0.6) is 5.75 Å². The molecule has 0 bridgehead atoms. The predicted molar refractivity (Wildman–Crippen MR) is 73.7 cm³/mol. The van der Waals surface area contributed by atoms with E-state index in [0.717, 1.165) is 4.47 Å². The average Bonchev–Trinajstić information content (AvgIpc) is 2.37. The van der Waals surface area contributed by atoms with Crippen molar-refractivity contribution in [3.8, 4) is 5.75 Å². The molecule has 0 saturated heterocycles. The molecule has 6 nitrogen and oxygen atoms in total. The van der Waals surface area contributed by atoms with E-state index in [1.54, 1.807) is 12.1 Å². The van der Waals surface area contributed by atoms with Crippen molar-refractivity contribution in [1.82, 2.24) is 5.32 Å². The Morgan fingerprint density at radius 3 is 2.53 bits per heavy atom. The third-order valence-corrected chi connectivity index (χ3v) is 2.83. The number of halogens is 1. The van der Waals surface area contributed by atoms with E-state index in [1.807, 2.05) is 12.1 Å². The van der Waals surface area contributed by atoms with E-state index in [9.17, 15) is 9.90 Å². The number of benzene rings is 1. The van der Waals surface area contributed by atoms with Crippen molar-refractivity contribution in [2.75, 3.05) is 19.7 Å². The first-order valence-corrected chi connectivity index (χ1v) is 6.53. The van der Waals surface area contributed by atoms with Crippen LogP contribution in [0.4, 0.5) is 0 Å². The molecule has 1 aromatic carbocycles. The minimum atomic E-state index is -1.25. The fraction of sp³-hybridized carbons (Fsp3) is 0.417. The lowest BCUT2D eigenvalue weighted by Crippen LogP contribution is -2.41. The Morgan fingerprint density at radius 1 is 1.32 bits per heavy atom. The number of aliphatic hydroxyl groups is 2. The van der Waals surface area contributed by atoms with E-state index in [-0.39, 0.29) is 19.7 Å². The number of nitrogens with one attached hydrogen (secondary N) is 1. The molecule has 0 aliphatic rings. The van der Waals surface area contributed by atoms with Gasteiger partial charge < -0.3 is 26.0 Å². The van der Waals surface area contributed by atoms with Crippen LogP contribution in [0.15, 0.2) is 28.7 Å². The van der Waals surface area contributed by atoms with Gasteiger partial charge in [-0.05, 0) is 24.3 Å². The highest BCUT2D eigenvalue weighted by atomic mass is 79.9. The second-order valence-corrected chi connectivity index (χ2v) is 4.91. The number of ether oxygens (including phenoxy) is 1. The maximum absolute atomic E-state index is 10.6. The van der Waals surface area contributed by atoms with Gasteiger partial charge in [-0.3, -0.25) is 4.79 Å². The van der Waals surface area contributed by atoms with Crippen molar-refractivity contribution in [2.45, 2.75) is 12.2 Å². The Kier molecular flexibility index (Phi) is 6.79. The SMILES string of the molecule is NC(=O)C(O)CNCC(O)COc1ccc(Br)cc1. The van der Waals surface area contributed by atoms with Gasteiger partial charge in [-0.1, -0.05) is 15.9 Å². The standard InChI is InChI=1S/C12H17BrN2O4/c13-8-1-3-10(4-2-8)19-7-9(16)5-15-6-11(17)12(14)18/h1-4,9,11,15-17H,5-7H2,(H2,14,18). The maximum atomic E-state index is 10.6. The molecule has 5 N–H and O–H groups in total. The lowest BCUT2D eigenvalue weighted by atomic mass is 10.3. The molecule has 1 rings (SSSR count). The molecule has 0 heterocycles. The Balaban J connectivity index is 2.19. The summed E-state index contributed by atoms with van der Waals surface area (Å²) < 4.78 is 6.31. The van der Waals surface area contributed by atoms with Crippen LogP contribution in [0.25, 0.3) is 0 Å². The third kappa shape index (κ3) is 6.53. The number of carbonyl (C=O) groups excluding carboxylic acids is 1. The lowest BCUT2D eigenvalue weighted by Gasteiger charge is -2.14. The van der Waals surface area contributed by atoms with Gasteiger partial charge in [0.2, 0.25) is 5.91 Å². The average molecular weight is 333 g/mol. The first kappa shape index (κ1) is 15.9. The number of aliphatic hydroxyl groups excluding tert-OH is 2. The minimum Gasteiger partial charge on any atom is -0.491 e. The highest BCUT2D eigenvalue weighted by Crippen LogP contribution is 2.16. The van der Waals surface area contributed by atoms with Crippen LogP contribution in [0, 0.1) is 0 Å². The Hall–Kier alpha value is -1.15. The molecule has 0 aliphatic carbocycles. The van der Waals surface area contributed by atoms with Gasteiger partial charge in [-0.15, -0.1) is 0 Å². The van der Waals surface area contributed by atoms with E-state index >= 15 is 0 Å². The molecule has 19 heavy (non-hydrogen) atoms. The quantitative estimate of drug-likeness (QED) is 0.519. The molecule has 0 spiro atoms. The summed E-state index contributed by atoms with van der Waals surface area (Å²) in [6, 6.07) is 7.23. The van der Waals surface area contributed by atoms with Gasteiger partial charge in [-0.25, -0.2) is 0 Å². The Morgan fingerprint density at radius 2 is 1.95 bits per heavy atom. The molecular formula is C12H17BrN2O4. The molecule has 106 valence electrons. The third-order valence-electron chi connectivity index (χ3n) is 2.30. The number of carbonyl (C=O) groups is 1. The molecule has 0 fully saturated rings. The van der Waals surface area contributed by atoms with Gasteiger partial charge in [-0.2, -0.15) is 0 Å². The van der Waals surface area contributed by atoms with Gasteiger partial charge in [0.25, 0.3) is 0 Å². The molecule has 0 radical (unpaired) electrons. The summed E-state index contributed by atoms with van der Waals surface area (Å²) in [5, 5.41) is 21.5. The van der Waals surface area contributed by atoms with Crippen LogP contribution in [0.2, 0.25) is 0 Å². The van der Waals surface area contributed by atoms with Crippen LogP contribution in [0.1, 0.15) is 0 Å². The molecule has 1 aromatic rings. The molecule has 7 heteroatoms. The highest BCUT2D eigenvalue weighted by molar-refractivity contribution is 9.10. The number of hydrogen-bond donors (Lipinski definition) is 4. The van der Waals surface area contributed by atoms with E-state index in [4.69, 9.17) is 15.6 Å². The van der Waals surface area contributed by atoms with E-state index in [0.29, 0.717) is 5.75 Å². The first-order valence-electron chi connectivity index (χ1n) is 5.73. The normalized spacial score (nSPS) is 13.8. The zero-order chi connectivity index (χ0) is 14.3. The zero-order valence-electron chi connectivity index (χ0n) is 10.3. The number of hydrogen-bond acceptors (Lipinski definition) is 5. The molecule has 2 atom stereocenters. The fourth-order valence-electron chi connectivity index (χ4n) is 1.27. The summed E-state index contributed by atoms with van der Waals surface area (Å²) >= 11 is 3.31. The topological polar surface area (TPSA) is 105 Å². The number of primary amides is 1. The van der Waals surface area contributed by atoms with Crippen LogP contribution in [0.3, 0.4) is 0 Å². The highest BCUT2D eigenvalue weighted by Gasteiger charge is 2.11. The van der Waals surface area contributed by atoms with E-state index in [2.05, 4.69) is 21.2 Å². The molecule has 0 saturated carbocycles. The number of rotatable bonds is 8. The smallest absolute Gasteiger partial charge is 0.247 e. The fourth-order valence-corrected chi connectivity index (χ4v) is 1.53. The maximum Gasteiger partial charge on any atom is 0.247 e. The second-order valence-electron chi connectivity index (χ2n) is 4.00. The van der Waals surface area contributed by atoms with Crippen molar-refractivity contribution in [1.29, 1.82) is 0 Å². The predicted octanol–water partition coefficient (Wildman–Crippen LogP) is -0.375. The molecule has 1 amide bonds. The lowest BCUT2D eigenvalue weighted by molar-refractivity contribution is -0.125. The van der Waals surface area contributed by atoms with Crippen molar-refractivity contribution in [3.05, 3.63) is 28.7 Å². The summed E-state index contributed by atoms with van der Waals surface area (Å²) in [5.74, 6) is -0.146. The molecular weight excluding hydrogens is 316 g/mol. The van der Waals surface area contributed by atoms with Crippen molar-refractivity contribution >= 4 is 21.8 Å². The van der Waals surface area contributed by atoms with Gasteiger partial charge in [0, 0.05) is 17.6 Å². The van der Waals surface area contributed by atoms with Gasteiger partial charge in [0.05, 0.1) is 0 Å². The van der Waals surface area contributed by atoms with Crippen LogP contribution < -0.4 is 15.8 Å². The van der Waals surface area contributed by atoms with Gasteiger partial charge in [0.1, 0.15) is 24.6 Å². The summed E-state index contributed by atoms with van der Waals surface area (Å²) in [7, 11) is 0. The van der Waals surface area contributed by atoms with Gasteiger partial charge >= 0.3 is 0 Å². The first-order chi connectivity index (χ1) is 8.99. The summed E-state index contributed by atoms with van der Waals surface area (Å²) in [5.41, 5.74) is 4.88. The summed E-state index contributed by atoms with van der Waals surface area (Å²) in [4.78, 5) is 10.6. The number of amides is 1. The van der Waals surface area contributed by atoms with Gasteiger partial charge in [0.15, 0.2) is 0 Å². The summed E-state index contributed by atoms with van der Waals surface area (Å²) in [6.45, 7) is 0.312. The van der Waals surface area contributed by atoms with Crippen molar-refractivity contribution < 1.29 is 19.7 Å². The van der Waals surface area contributed by atoms with Crippen molar-refractivity contribution in [2.24, 2.45) is 5.73 Å². The molecule has 0 aliphatic heterocycles.